The number of amides is 1. The predicted octanol–water partition coefficient (Wildman–Crippen LogP) is 4.30. The number of nitrogens with zero attached hydrogens (tertiary/aromatic N) is 1. The van der Waals surface area contributed by atoms with Gasteiger partial charge >= 0.3 is 0 Å². The molecule has 0 saturated carbocycles. The second-order valence-corrected chi connectivity index (χ2v) is 5.96. The maximum absolute atomic E-state index is 12.7. The van der Waals surface area contributed by atoms with Crippen LogP contribution in [-0.4, -0.2) is 17.6 Å². The van der Waals surface area contributed by atoms with Crippen LogP contribution in [0.5, 0.6) is 5.75 Å². The molecule has 0 spiro atoms. The summed E-state index contributed by atoms with van der Waals surface area (Å²) < 4.78 is 7.19. The second-order valence-electron chi connectivity index (χ2n) is 5.96. The molecule has 0 aliphatic heterocycles. The molecule has 4 heteroatoms. The Morgan fingerprint density at radius 2 is 1.88 bits per heavy atom. The number of aromatic nitrogens is 1. The maximum atomic E-state index is 12.7. The normalized spacial score (nSPS) is 10.5. The summed E-state index contributed by atoms with van der Waals surface area (Å²) >= 11 is 0. The predicted molar refractivity (Wildman–Crippen MR) is 100 cm³/mol. The van der Waals surface area contributed by atoms with Crippen LogP contribution < -0.4 is 10.1 Å². The Morgan fingerprint density at radius 1 is 1.08 bits per heavy atom. The largest absolute Gasteiger partial charge is 0.497 e. The Hall–Kier alpha value is -3.01. The van der Waals surface area contributed by atoms with Crippen LogP contribution in [0.3, 0.4) is 0 Å². The van der Waals surface area contributed by atoms with Crippen molar-refractivity contribution in [1.29, 1.82) is 0 Å². The van der Waals surface area contributed by atoms with Crippen LogP contribution in [-0.2, 0) is 13.0 Å². The van der Waals surface area contributed by atoms with Crippen LogP contribution in [0.2, 0.25) is 0 Å². The highest BCUT2D eigenvalue weighted by Gasteiger charge is 2.12. The first kappa shape index (κ1) is 16.8. The SMILES string of the molecule is COc1ccc(NC(=O)c2cccn2CCc2ccccc2)c(C)c1. The highest BCUT2D eigenvalue weighted by molar-refractivity contribution is 6.03. The average Bonchev–Trinajstić information content (AvgIpc) is 3.11. The number of rotatable bonds is 6. The molecule has 0 saturated heterocycles. The van der Waals surface area contributed by atoms with Gasteiger partial charge in [-0.05, 0) is 54.8 Å². The van der Waals surface area contributed by atoms with Gasteiger partial charge in [-0.1, -0.05) is 30.3 Å². The highest BCUT2D eigenvalue weighted by Crippen LogP contribution is 2.21. The summed E-state index contributed by atoms with van der Waals surface area (Å²) in [4.78, 5) is 12.7. The van der Waals surface area contributed by atoms with Gasteiger partial charge in [0.25, 0.3) is 5.91 Å². The number of ether oxygens (including phenoxy) is 1. The fourth-order valence-electron chi connectivity index (χ4n) is 2.80. The van der Waals surface area contributed by atoms with E-state index in [2.05, 4.69) is 17.4 Å². The quantitative estimate of drug-likeness (QED) is 0.730. The summed E-state index contributed by atoms with van der Waals surface area (Å²) in [5.74, 6) is 0.674. The van der Waals surface area contributed by atoms with E-state index in [1.165, 1.54) is 5.56 Å². The summed E-state index contributed by atoms with van der Waals surface area (Å²) in [7, 11) is 1.63. The van der Waals surface area contributed by atoms with Crippen molar-refractivity contribution in [1.82, 2.24) is 4.57 Å². The van der Waals surface area contributed by atoms with Gasteiger partial charge in [0.2, 0.25) is 0 Å². The van der Waals surface area contributed by atoms with Gasteiger partial charge in [-0.15, -0.1) is 0 Å². The summed E-state index contributed by atoms with van der Waals surface area (Å²) in [6.07, 6.45) is 2.83. The van der Waals surface area contributed by atoms with Crippen molar-refractivity contribution in [2.75, 3.05) is 12.4 Å². The topological polar surface area (TPSA) is 43.3 Å². The monoisotopic (exact) mass is 334 g/mol. The van der Waals surface area contributed by atoms with E-state index in [1.807, 2.05) is 66.2 Å². The van der Waals surface area contributed by atoms with E-state index < -0.39 is 0 Å². The highest BCUT2D eigenvalue weighted by atomic mass is 16.5. The minimum absolute atomic E-state index is 0.105. The number of carbonyl (C=O) groups excluding carboxylic acids is 1. The summed E-state index contributed by atoms with van der Waals surface area (Å²) in [5.41, 5.74) is 3.68. The molecule has 0 bridgehead atoms. The van der Waals surface area contributed by atoms with E-state index in [4.69, 9.17) is 4.74 Å². The van der Waals surface area contributed by atoms with Crippen molar-refractivity contribution in [3.63, 3.8) is 0 Å². The zero-order chi connectivity index (χ0) is 17.6. The van der Waals surface area contributed by atoms with Crippen LogP contribution >= 0.6 is 0 Å². The number of hydrogen-bond acceptors (Lipinski definition) is 2. The molecule has 128 valence electrons. The first-order valence-corrected chi connectivity index (χ1v) is 8.32. The number of carbonyl (C=O) groups is 1. The smallest absolute Gasteiger partial charge is 0.272 e. The minimum Gasteiger partial charge on any atom is -0.497 e. The molecule has 0 radical (unpaired) electrons. The third-order valence-corrected chi connectivity index (χ3v) is 4.23. The summed E-state index contributed by atoms with van der Waals surface area (Å²) in [5, 5.41) is 2.99. The Labute approximate surface area is 148 Å². The van der Waals surface area contributed by atoms with Crippen LogP contribution in [0.15, 0.2) is 66.9 Å². The molecule has 0 unspecified atom stereocenters. The molecule has 0 fully saturated rings. The fourth-order valence-corrected chi connectivity index (χ4v) is 2.80. The molecule has 1 aromatic heterocycles. The minimum atomic E-state index is -0.105. The first-order valence-electron chi connectivity index (χ1n) is 8.32. The van der Waals surface area contributed by atoms with Crippen LogP contribution in [0.1, 0.15) is 21.6 Å². The third-order valence-electron chi connectivity index (χ3n) is 4.23. The molecule has 25 heavy (non-hydrogen) atoms. The van der Waals surface area contributed by atoms with E-state index in [0.717, 1.165) is 30.0 Å². The average molecular weight is 334 g/mol. The maximum Gasteiger partial charge on any atom is 0.272 e. The lowest BCUT2D eigenvalue weighted by atomic mass is 10.1. The lowest BCUT2D eigenvalue weighted by molar-refractivity contribution is 0.101. The summed E-state index contributed by atoms with van der Waals surface area (Å²) in [6, 6.07) is 19.6. The van der Waals surface area contributed by atoms with E-state index in [-0.39, 0.29) is 5.91 Å². The molecule has 1 heterocycles. The van der Waals surface area contributed by atoms with E-state index in [9.17, 15) is 4.79 Å². The first-order chi connectivity index (χ1) is 12.2. The molecule has 1 N–H and O–H groups in total. The Morgan fingerprint density at radius 3 is 2.60 bits per heavy atom. The molecule has 1 amide bonds. The summed E-state index contributed by atoms with van der Waals surface area (Å²) in [6.45, 7) is 2.72. The van der Waals surface area contributed by atoms with Gasteiger partial charge < -0.3 is 14.6 Å². The zero-order valence-corrected chi connectivity index (χ0v) is 14.5. The molecule has 2 aromatic carbocycles. The molecular formula is C21H22N2O2. The second kappa shape index (κ2) is 7.71. The van der Waals surface area contributed by atoms with Crippen molar-refractivity contribution < 1.29 is 9.53 Å². The van der Waals surface area contributed by atoms with Crippen molar-refractivity contribution in [3.05, 3.63) is 83.7 Å². The molecule has 3 rings (SSSR count). The van der Waals surface area contributed by atoms with E-state index in [0.29, 0.717) is 5.69 Å². The van der Waals surface area contributed by atoms with Crippen molar-refractivity contribution >= 4 is 11.6 Å². The van der Waals surface area contributed by atoms with Crippen molar-refractivity contribution in [2.24, 2.45) is 0 Å². The van der Waals surface area contributed by atoms with Gasteiger partial charge in [0.1, 0.15) is 11.4 Å². The number of hydrogen-bond donors (Lipinski definition) is 1. The van der Waals surface area contributed by atoms with Crippen LogP contribution in [0.25, 0.3) is 0 Å². The number of methoxy groups -OCH3 is 1. The molecule has 3 aromatic rings. The molecule has 0 aliphatic carbocycles. The van der Waals surface area contributed by atoms with Gasteiger partial charge in [-0.2, -0.15) is 0 Å². The Bertz CT molecular complexity index is 853. The van der Waals surface area contributed by atoms with Gasteiger partial charge in [0, 0.05) is 18.4 Å². The standard InChI is InChI=1S/C21H22N2O2/c1-16-15-18(25-2)10-11-19(16)22-21(24)20-9-6-13-23(20)14-12-17-7-4-3-5-8-17/h3-11,13,15H,12,14H2,1-2H3,(H,22,24). The number of anilines is 1. The van der Waals surface area contributed by atoms with Gasteiger partial charge in [0.15, 0.2) is 0 Å². The number of benzene rings is 2. The molecule has 0 atom stereocenters. The van der Waals surface area contributed by atoms with Gasteiger partial charge in [-0.25, -0.2) is 0 Å². The van der Waals surface area contributed by atoms with Crippen molar-refractivity contribution in [2.45, 2.75) is 19.9 Å². The van der Waals surface area contributed by atoms with Crippen LogP contribution in [0, 0.1) is 6.92 Å². The van der Waals surface area contributed by atoms with Crippen molar-refractivity contribution in [3.8, 4) is 5.75 Å². The fraction of sp³-hybridized carbons (Fsp3) is 0.190. The van der Waals surface area contributed by atoms with E-state index in [1.54, 1.807) is 7.11 Å². The van der Waals surface area contributed by atoms with Crippen LogP contribution in [0.4, 0.5) is 5.69 Å². The van der Waals surface area contributed by atoms with E-state index >= 15 is 0 Å². The zero-order valence-electron chi connectivity index (χ0n) is 14.5. The molecule has 0 aliphatic rings. The lowest BCUT2D eigenvalue weighted by Crippen LogP contribution is -2.18. The Kier molecular flexibility index (Phi) is 5.19. The Balaban J connectivity index is 1.70. The molecule has 4 nitrogen and oxygen atoms in total. The number of nitrogens with one attached hydrogen (secondary N) is 1. The van der Waals surface area contributed by atoms with Gasteiger partial charge in [-0.3, -0.25) is 4.79 Å². The number of aryl methyl sites for hydroxylation is 3. The molecular weight excluding hydrogens is 312 g/mol. The third kappa shape index (κ3) is 4.10. The lowest BCUT2D eigenvalue weighted by Gasteiger charge is -2.12. The van der Waals surface area contributed by atoms with Gasteiger partial charge in [0.05, 0.1) is 7.11 Å².